The molecule has 6 heteroatoms. The summed E-state index contributed by atoms with van der Waals surface area (Å²) >= 11 is 0. The molecule has 1 unspecified atom stereocenters. The minimum Gasteiger partial charge on any atom is -0.369 e. The van der Waals surface area contributed by atoms with Crippen LogP contribution in [0.1, 0.15) is 33.4 Å². The van der Waals surface area contributed by atoms with E-state index >= 15 is 0 Å². The Labute approximate surface area is 157 Å². The van der Waals surface area contributed by atoms with Gasteiger partial charge in [0.2, 0.25) is 5.91 Å². The zero-order chi connectivity index (χ0) is 19.2. The lowest BCUT2D eigenvalue weighted by molar-refractivity contribution is -0.119. The third kappa shape index (κ3) is 4.37. The first-order valence-electron chi connectivity index (χ1n) is 8.47. The van der Waals surface area contributed by atoms with Gasteiger partial charge in [-0.3, -0.25) is 14.6 Å². The number of carbonyl (C=O) groups excluding carboxylic acids is 2. The van der Waals surface area contributed by atoms with Crippen molar-refractivity contribution >= 4 is 17.5 Å². The second-order valence-corrected chi connectivity index (χ2v) is 6.13. The zero-order valence-electron chi connectivity index (χ0n) is 14.6. The molecular weight excluding hydrogens is 340 g/mol. The van der Waals surface area contributed by atoms with Crippen LogP contribution in [0.4, 0.5) is 5.69 Å². The van der Waals surface area contributed by atoms with E-state index in [4.69, 9.17) is 11.5 Å². The van der Waals surface area contributed by atoms with Gasteiger partial charge in [0.25, 0.3) is 5.91 Å². The molecule has 3 rings (SSSR count). The van der Waals surface area contributed by atoms with Gasteiger partial charge in [0, 0.05) is 29.7 Å². The maximum atomic E-state index is 12.3. The number of nitrogens with one attached hydrogen (secondary N) is 1. The number of nitrogens with zero attached hydrogens (tertiary/aromatic N) is 1. The average Bonchev–Trinajstić information content (AvgIpc) is 2.70. The number of pyridine rings is 1. The Kier molecular flexibility index (Phi) is 5.58. The Hall–Kier alpha value is -3.51. The molecule has 2 aromatic carbocycles. The highest BCUT2D eigenvalue weighted by atomic mass is 16.2. The number of carbonyl (C=O) groups is 2. The highest BCUT2D eigenvalue weighted by Crippen LogP contribution is 2.29. The van der Waals surface area contributed by atoms with Crippen LogP contribution in [0, 0.1) is 0 Å². The number of benzene rings is 2. The molecule has 0 bridgehead atoms. The van der Waals surface area contributed by atoms with Gasteiger partial charge in [-0.25, -0.2) is 0 Å². The summed E-state index contributed by atoms with van der Waals surface area (Å²) in [6, 6.07) is 18.9. The van der Waals surface area contributed by atoms with Gasteiger partial charge in [0.1, 0.15) is 0 Å². The summed E-state index contributed by atoms with van der Waals surface area (Å²) in [5, 5.41) is 2.78. The smallest absolute Gasteiger partial charge is 0.255 e. The number of rotatable bonds is 6. The molecule has 0 fully saturated rings. The van der Waals surface area contributed by atoms with Gasteiger partial charge in [-0.15, -0.1) is 0 Å². The van der Waals surface area contributed by atoms with Crippen LogP contribution in [0.25, 0.3) is 0 Å². The standard InChI is InChI=1S/C21H20N4O2/c22-19(15-4-2-1-3-5-15)18(20(23)26)14-6-8-16(9-7-14)21(27)25-17-10-12-24-13-11-17/h1-13,18-19H,22H2,(H2,23,26)(H,24,25,27)/t18-,19?/m1/s1. The van der Waals surface area contributed by atoms with E-state index in [1.807, 2.05) is 30.3 Å². The van der Waals surface area contributed by atoms with Gasteiger partial charge in [-0.1, -0.05) is 42.5 Å². The molecule has 27 heavy (non-hydrogen) atoms. The van der Waals surface area contributed by atoms with Crippen molar-refractivity contribution in [3.8, 4) is 0 Å². The fourth-order valence-electron chi connectivity index (χ4n) is 2.90. The van der Waals surface area contributed by atoms with E-state index in [-0.39, 0.29) is 5.91 Å². The van der Waals surface area contributed by atoms with Crippen LogP contribution < -0.4 is 16.8 Å². The average molecular weight is 360 g/mol. The van der Waals surface area contributed by atoms with Gasteiger partial charge in [-0.2, -0.15) is 0 Å². The first-order chi connectivity index (χ1) is 13.1. The highest BCUT2D eigenvalue weighted by Gasteiger charge is 2.26. The van der Waals surface area contributed by atoms with Crippen LogP contribution in [-0.4, -0.2) is 16.8 Å². The second-order valence-electron chi connectivity index (χ2n) is 6.13. The van der Waals surface area contributed by atoms with E-state index in [1.165, 1.54) is 0 Å². The lowest BCUT2D eigenvalue weighted by Gasteiger charge is -2.22. The maximum Gasteiger partial charge on any atom is 0.255 e. The second kappa shape index (κ2) is 8.25. The van der Waals surface area contributed by atoms with Crippen molar-refractivity contribution in [2.24, 2.45) is 11.5 Å². The lowest BCUT2D eigenvalue weighted by Crippen LogP contribution is -2.31. The summed E-state index contributed by atoms with van der Waals surface area (Å²) in [7, 11) is 0. The van der Waals surface area contributed by atoms with Gasteiger partial charge in [0.15, 0.2) is 0 Å². The Bertz CT molecular complexity index is 912. The molecule has 0 aliphatic heterocycles. The Balaban J connectivity index is 1.80. The molecular formula is C21H20N4O2. The van der Waals surface area contributed by atoms with E-state index in [9.17, 15) is 9.59 Å². The number of anilines is 1. The molecule has 1 heterocycles. The Morgan fingerprint density at radius 1 is 0.852 bits per heavy atom. The van der Waals surface area contributed by atoms with Crippen LogP contribution >= 0.6 is 0 Å². The first-order valence-corrected chi connectivity index (χ1v) is 8.47. The Morgan fingerprint density at radius 2 is 1.48 bits per heavy atom. The van der Waals surface area contributed by atoms with Crippen LogP contribution in [0.3, 0.4) is 0 Å². The summed E-state index contributed by atoms with van der Waals surface area (Å²) in [5.41, 5.74) is 14.5. The van der Waals surface area contributed by atoms with Crippen molar-refractivity contribution in [1.29, 1.82) is 0 Å². The van der Waals surface area contributed by atoms with E-state index in [1.54, 1.807) is 48.8 Å². The van der Waals surface area contributed by atoms with Crippen molar-refractivity contribution in [3.63, 3.8) is 0 Å². The SMILES string of the molecule is NC(=O)[C@H](c1ccc(C(=O)Nc2ccncc2)cc1)C(N)c1ccccc1. The van der Waals surface area contributed by atoms with E-state index < -0.39 is 17.9 Å². The van der Waals surface area contributed by atoms with E-state index in [0.29, 0.717) is 16.8 Å². The van der Waals surface area contributed by atoms with Crippen LogP contribution in [0.15, 0.2) is 79.1 Å². The third-order valence-corrected chi connectivity index (χ3v) is 4.32. The number of nitrogens with two attached hydrogens (primary N) is 2. The normalized spacial score (nSPS) is 12.8. The number of aromatic nitrogens is 1. The molecule has 5 N–H and O–H groups in total. The first kappa shape index (κ1) is 18.3. The maximum absolute atomic E-state index is 12.3. The van der Waals surface area contributed by atoms with E-state index in [2.05, 4.69) is 10.3 Å². The van der Waals surface area contributed by atoms with Gasteiger partial charge >= 0.3 is 0 Å². The van der Waals surface area contributed by atoms with E-state index in [0.717, 1.165) is 5.56 Å². The lowest BCUT2D eigenvalue weighted by atomic mass is 9.86. The molecule has 0 saturated carbocycles. The molecule has 0 aliphatic carbocycles. The molecule has 0 aliphatic rings. The van der Waals surface area contributed by atoms with Gasteiger partial charge in [0.05, 0.1) is 5.92 Å². The van der Waals surface area contributed by atoms with Crippen LogP contribution in [-0.2, 0) is 4.79 Å². The zero-order valence-corrected chi connectivity index (χ0v) is 14.6. The van der Waals surface area contributed by atoms with Gasteiger partial charge in [-0.05, 0) is 35.4 Å². The van der Waals surface area contributed by atoms with Crippen molar-refractivity contribution in [1.82, 2.24) is 4.98 Å². The van der Waals surface area contributed by atoms with Crippen molar-refractivity contribution < 1.29 is 9.59 Å². The summed E-state index contributed by atoms with van der Waals surface area (Å²) < 4.78 is 0. The number of amides is 2. The fraction of sp³-hybridized carbons (Fsp3) is 0.0952. The molecule has 0 radical (unpaired) electrons. The summed E-state index contributed by atoms with van der Waals surface area (Å²) in [6.45, 7) is 0. The molecule has 136 valence electrons. The molecule has 0 spiro atoms. The summed E-state index contributed by atoms with van der Waals surface area (Å²) in [5.74, 6) is -1.46. The molecule has 2 amide bonds. The fourth-order valence-corrected chi connectivity index (χ4v) is 2.90. The van der Waals surface area contributed by atoms with Crippen molar-refractivity contribution in [2.75, 3.05) is 5.32 Å². The predicted molar refractivity (Wildman–Crippen MR) is 104 cm³/mol. The van der Waals surface area contributed by atoms with Crippen LogP contribution in [0.2, 0.25) is 0 Å². The van der Waals surface area contributed by atoms with Crippen molar-refractivity contribution in [3.05, 3.63) is 95.8 Å². The Morgan fingerprint density at radius 3 is 2.07 bits per heavy atom. The largest absolute Gasteiger partial charge is 0.369 e. The van der Waals surface area contributed by atoms with Gasteiger partial charge < -0.3 is 16.8 Å². The molecule has 1 aromatic heterocycles. The van der Waals surface area contributed by atoms with Crippen LogP contribution in [0.5, 0.6) is 0 Å². The molecule has 6 nitrogen and oxygen atoms in total. The number of hydrogen-bond donors (Lipinski definition) is 3. The summed E-state index contributed by atoms with van der Waals surface area (Å²) in [4.78, 5) is 28.3. The summed E-state index contributed by atoms with van der Waals surface area (Å²) in [6.07, 6.45) is 3.20. The predicted octanol–water partition coefficient (Wildman–Crippen LogP) is 2.60. The van der Waals surface area contributed by atoms with Crippen molar-refractivity contribution in [2.45, 2.75) is 12.0 Å². The minimum absolute atomic E-state index is 0.254. The topological polar surface area (TPSA) is 111 Å². The highest BCUT2D eigenvalue weighted by molar-refractivity contribution is 6.04. The molecule has 3 aromatic rings. The third-order valence-electron chi connectivity index (χ3n) is 4.32. The number of primary amides is 1. The quantitative estimate of drug-likeness (QED) is 0.627. The minimum atomic E-state index is -0.690. The number of hydrogen-bond acceptors (Lipinski definition) is 4. The molecule has 2 atom stereocenters. The monoisotopic (exact) mass is 360 g/mol. The molecule has 0 saturated heterocycles.